The van der Waals surface area contributed by atoms with Gasteiger partial charge in [0.15, 0.2) is 0 Å². The third-order valence-electron chi connectivity index (χ3n) is 7.72. The monoisotopic (exact) mass is 624 g/mol. The number of hydrogen-bond donors (Lipinski definition) is 4. The summed E-state index contributed by atoms with van der Waals surface area (Å²) in [5, 5.41) is 23.3. The Bertz CT molecular complexity index is 825. The number of carbonyl (C=O) groups excluding carboxylic acids is 2. The highest BCUT2D eigenvalue weighted by Crippen LogP contribution is 2.22. The van der Waals surface area contributed by atoms with Crippen molar-refractivity contribution in [2.75, 3.05) is 39.5 Å². The maximum Gasteiger partial charge on any atom is 0.407 e. The van der Waals surface area contributed by atoms with Gasteiger partial charge in [-0.2, -0.15) is 0 Å². The van der Waals surface area contributed by atoms with Crippen LogP contribution in [0.2, 0.25) is 0 Å². The van der Waals surface area contributed by atoms with Gasteiger partial charge in [-0.15, -0.1) is 0 Å². The molecule has 2 fully saturated rings. The predicted molar refractivity (Wildman–Crippen MR) is 163 cm³/mol. The van der Waals surface area contributed by atoms with Crippen LogP contribution in [0.15, 0.2) is 24.3 Å². The molecule has 12 nitrogen and oxygen atoms in total. The topological polar surface area (TPSA) is 170 Å². The molecule has 0 aromatic carbocycles. The van der Waals surface area contributed by atoms with Crippen LogP contribution in [0.3, 0.4) is 0 Å². The van der Waals surface area contributed by atoms with Crippen molar-refractivity contribution in [3.63, 3.8) is 0 Å². The van der Waals surface area contributed by atoms with E-state index in [0.717, 1.165) is 89.2 Å². The third kappa shape index (κ3) is 19.2. The van der Waals surface area contributed by atoms with Gasteiger partial charge in [-0.25, -0.2) is 19.2 Å². The molecule has 12 heteroatoms. The van der Waals surface area contributed by atoms with E-state index < -0.39 is 24.1 Å². The lowest BCUT2D eigenvalue weighted by atomic mass is 9.97. The summed E-state index contributed by atoms with van der Waals surface area (Å²) in [6.45, 7) is 1.57. The van der Waals surface area contributed by atoms with Crippen molar-refractivity contribution >= 4 is 24.1 Å². The van der Waals surface area contributed by atoms with Crippen molar-refractivity contribution in [2.24, 2.45) is 11.8 Å². The predicted octanol–water partition coefficient (Wildman–Crippen LogP) is 5.21. The van der Waals surface area contributed by atoms with Crippen LogP contribution in [-0.4, -0.2) is 86.1 Å². The Morgan fingerprint density at radius 1 is 0.591 bits per heavy atom. The minimum absolute atomic E-state index is 0.0360. The summed E-state index contributed by atoms with van der Waals surface area (Å²) in [4.78, 5) is 46.0. The molecule has 2 amide bonds. The highest BCUT2D eigenvalue weighted by Gasteiger charge is 2.18. The fourth-order valence-electron chi connectivity index (χ4n) is 5.19. The first-order valence-corrected chi connectivity index (χ1v) is 16.2. The first kappa shape index (κ1) is 37.1. The molecule has 0 aromatic heterocycles. The van der Waals surface area contributed by atoms with Gasteiger partial charge in [-0.3, -0.25) is 0 Å². The van der Waals surface area contributed by atoms with Gasteiger partial charge in [0.05, 0.1) is 25.4 Å². The number of amides is 2. The van der Waals surface area contributed by atoms with Crippen LogP contribution in [0.4, 0.5) is 9.59 Å². The van der Waals surface area contributed by atoms with Crippen LogP contribution in [0.1, 0.15) is 89.9 Å². The second kappa shape index (κ2) is 23.3. The number of hydrogen-bond acceptors (Lipinski definition) is 8. The van der Waals surface area contributed by atoms with E-state index in [1.165, 1.54) is 25.0 Å². The Balaban J connectivity index is 1.52. The molecule has 0 aromatic rings. The molecular formula is C32H52N2O10. The molecule has 4 N–H and O–H groups in total. The van der Waals surface area contributed by atoms with Crippen molar-refractivity contribution in [2.45, 2.75) is 102 Å². The Kier molecular flexibility index (Phi) is 19.6. The molecular weight excluding hydrogens is 572 g/mol. The van der Waals surface area contributed by atoms with Gasteiger partial charge in [-0.1, -0.05) is 63.5 Å². The lowest BCUT2D eigenvalue weighted by molar-refractivity contribution is -0.132. The minimum Gasteiger partial charge on any atom is -0.478 e. The lowest BCUT2D eigenvalue weighted by Gasteiger charge is -2.24. The number of rotatable bonds is 21. The van der Waals surface area contributed by atoms with Crippen molar-refractivity contribution in [3.05, 3.63) is 24.3 Å². The maximum absolute atomic E-state index is 12.1. The summed E-state index contributed by atoms with van der Waals surface area (Å²) in [5.41, 5.74) is 0. The van der Waals surface area contributed by atoms with Gasteiger partial charge in [0.2, 0.25) is 0 Å². The molecule has 0 saturated heterocycles. The molecule has 2 aliphatic rings. The molecule has 44 heavy (non-hydrogen) atoms. The molecule has 2 atom stereocenters. The van der Waals surface area contributed by atoms with Crippen LogP contribution >= 0.6 is 0 Å². The fraction of sp³-hybridized carbons (Fsp3) is 0.750. The van der Waals surface area contributed by atoms with Crippen LogP contribution in [0.5, 0.6) is 0 Å². The number of unbranched alkanes of at least 4 members (excludes halogenated alkanes) is 3. The number of carboxylic acids is 2. The summed E-state index contributed by atoms with van der Waals surface area (Å²) >= 11 is 0. The highest BCUT2D eigenvalue weighted by molar-refractivity contribution is 5.80. The molecule has 250 valence electrons. The van der Waals surface area contributed by atoms with Gasteiger partial charge >= 0.3 is 24.1 Å². The van der Waals surface area contributed by atoms with E-state index in [-0.39, 0.29) is 37.3 Å². The van der Waals surface area contributed by atoms with Crippen molar-refractivity contribution in [3.8, 4) is 0 Å². The van der Waals surface area contributed by atoms with E-state index in [4.69, 9.17) is 29.2 Å². The summed E-state index contributed by atoms with van der Waals surface area (Å²) in [6, 6.07) is 0. The van der Waals surface area contributed by atoms with E-state index >= 15 is 0 Å². The van der Waals surface area contributed by atoms with E-state index in [1.807, 2.05) is 0 Å². The summed E-state index contributed by atoms with van der Waals surface area (Å²) < 4.78 is 22.4. The Labute approximate surface area is 260 Å². The van der Waals surface area contributed by atoms with Crippen LogP contribution in [0.25, 0.3) is 0 Å². The lowest BCUT2D eigenvalue weighted by Crippen LogP contribution is -2.29. The molecule has 0 spiro atoms. The first-order valence-electron chi connectivity index (χ1n) is 16.2. The quantitative estimate of drug-likeness (QED) is 0.0982. The second-order valence-corrected chi connectivity index (χ2v) is 11.6. The Morgan fingerprint density at radius 2 is 0.977 bits per heavy atom. The number of nitrogens with one attached hydrogen (secondary N) is 2. The van der Waals surface area contributed by atoms with Gasteiger partial charge in [0, 0.05) is 37.1 Å². The van der Waals surface area contributed by atoms with E-state index in [1.54, 1.807) is 0 Å². The van der Waals surface area contributed by atoms with Crippen molar-refractivity contribution in [1.29, 1.82) is 0 Å². The summed E-state index contributed by atoms with van der Waals surface area (Å²) in [5.74, 6) is -2.78. The Hall–Kier alpha value is -3.12. The molecule has 0 bridgehead atoms. The number of ether oxygens (including phenoxy) is 4. The van der Waals surface area contributed by atoms with Crippen LogP contribution in [-0.2, 0) is 28.5 Å². The largest absolute Gasteiger partial charge is 0.478 e. The van der Waals surface area contributed by atoms with Gasteiger partial charge in [0.25, 0.3) is 0 Å². The highest BCUT2D eigenvalue weighted by atomic mass is 16.6. The second-order valence-electron chi connectivity index (χ2n) is 11.6. The fourth-order valence-corrected chi connectivity index (χ4v) is 5.19. The van der Waals surface area contributed by atoms with E-state index in [2.05, 4.69) is 10.6 Å². The zero-order valence-electron chi connectivity index (χ0n) is 25.9. The molecule has 2 rings (SSSR count). The van der Waals surface area contributed by atoms with Gasteiger partial charge in [0.1, 0.15) is 13.2 Å². The average Bonchev–Trinajstić information content (AvgIpc) is 3.02. The standard InChI is InChI=1S/C32H52N2O10/c35-29(36)17-15-25(21-41-27-11-5-3-6-12-27)23-43-31(39)33-19-9-1-2-10-20-34-32(40)44-24-26(16-18-30(37)38)22-42-28-13-7-4-8-14-28/h15-18,25-28H,1-14,19-24H2,(H,33,39)(H,34,40)(H,35,36)(H,37,38). The van der Waals surface area contributed by atoms with E-state index in [9.17, 15) is 19.2 Å². The van der Waals surface area contributed by atoms with Gasteiger partial charge in [-0.05, 0) is 38.5 Å². The van der Waals surface area contributed by atoms with E-state index in [0.29, 0.717) is 26.3 Å². The first-order chi connectivity index (χ1) is 21.3. The molecule has 0 radical (unpaired) electrons. The van der Waals surface area contributed by atoms with Crippen LogP contribution < -0.4 is 10.6 Å². The number of alkyl carbamates (subject to hydrolysis) is 2. The zero-order chi connectivity index (χ0) is 31.8. The summed E-state index contributed by atoms with van der Waals surface area (Å²) in [6.07, 6.45) is 18.5. The molecule has 0 aliphatic heterocycles. The van der Waals surface area contributed by atoms with Gasteiger partial charge < -0.3 is 39.8 Å². The van der Waals surface area contributed by atoms with Crippen LogP contribution in [0, 0.1) is 11.8 Å². The minimum atomic E-state index is -1.06. The average molecular weight is 625 g/mol. The number of carboxylic acid groups (broad SMARTS) is 2. The SMILES string of the molecule is O=C(O)C=CC(COC(=O)NCCCCCCNC(=O)OCC(C=CC(=O)O)COC1CCCCC1)COC1CCCCC1. The maximum atomic E-state index is 12.1. The third-order valence-corrected chi connectivity index (χ3v) is 7.72. The Morgan fingerprint density at radius 3 is 1.34 bits per heavy atom. The molecule has 2 aliphatic carbocycles. The molecule has 2 saturated carbocycles. The normalized spacial score (nSPS) is 17.7. The zero-order valence-corrected chi connectivity index (χ0v) is 25.9. The smallest absolute Gasteiger partial charge is 0.407 e. The van der Waals surface area contributed by atoms with Crippen molar-refractivity contribution < 1.29 is 48.3 Å². The number of aliphatic carboxylic acids is 2. The molecule has 2 unspecified atom stereocenters. The van der Waals surface area contributed by atoms with Crippen molar-refractivity contribution in [1.82, 2.24) is 10.6 Å². The summed E-state index contributed by atoms with van der Waals surface area (Å²) in [7, 11) is 0. The molecule has 0 heterocycles. The number of carbonyl (C=O) groups is 4.